The molecule has 0 atom stereocenters. The third-order valence-electron chi connectivity index (χ3n) is 4.94. The molecule has 0 saturated carbocycles. The van der Waals surface area contributed by atoms with Crippen LogP contribution in [-0.4, -0.2) is 41.1 Å². The van der Waals surface area contributed by atoms with Crippen LogP contribution in [0.4, 0.5) is 0 Å². The molecule has 1 aliphatic rings. The summed E-state index contributed by atoms with van der Waals surface area (Å²) in [6, 6.07) is 7.51. The van der Waals surface area contributed by atoms with Crippen molar-refractivity contribution in [2.24, 2.45) is 0 Å². The minimum absolute atomic E-state index is 0.0970. The summed E-state index contributed by atoms with van der Waals surface area (Å²) in [6.45, 7) is 8.69. The third-order valence-corrected chi connectivity index (χ3v) is 4.94. The van der Waals surface area contributed by atoms with Gasteiger partial charge in [0.1, 0.15) is 0 Å². The van der Waals surface area contributed by atoms with Crippen LogP contribution >= 0.6 is 0 Å². The van der Waals surface area contributed by atoms with E-state index in [0.717, 1.165) is 11.0 Å². The predicted octanol–water partition coefficient (Wildman–Crippen LogP) is 1.59. The highest BCUT2D eigenvalue weighted by Crippen LogP contribution is 2.36. The third kappa shape index (κ3) is 3.48. The zero-order valence-corrected chi connectivity index (χ0v) is 15.4. The maximum atomic E-state index is 11.8. The van der Waals surface area contributed by atoms with E-state index >= 15 is 0 Å². The number of rotatable bonds is 4. The van der Waals surface area contributed by atoms with Crippen LogP contribution in [0.1, 0.15) is 43.6 Å². The fourth-order valence-corrected chi connectivity index (χ4v) is 2.71. The molecule has 1 amide bonds. The minimum Gasteiger partial charge on any atom is -0.399 e. The summed E-state index contributed by atoms with van der Waals surface area (Å²) >= 11 is 0. The van der Waals surface area contributed by atoms with Crippen LogP contribution in [0.5, 0.6) is 0 Å². The molecular formula is C18H24BN3O3. The Morgan fingerprint density at radius 1 is 1.24 bits per heavy atom. The SMILES string of the molecule is CNC(=O)c1cccc(Cn2cc(B3OC(C)(C)C(C)(C)O3)cn2)c1. The van der Waals surface area contributed by atoms with Gasteiger partial charge in [-0.2, -0.15) is 5.10 Å². The van der Waals surface area contributed by atoms with Crippen LogP contribution in [0, 0.1) is 0 Å². The Morgan fingerprint density at radius 2 is 1.92 bits per heavy atom. The molecule has 7 heteroatoms. The monoisotopic (exact) mass is 341 g/mol. The van der Waals surface area contributed by atoms with Crippen LogP contribution in [0.3, 0.4) is 0 Å². The van der Waals surface area contributed by atoms with E-state index in [9.17, 15) is 4.79 Å². The van der Waals surface area contributed by atoms with Crippen LogP contribution in [0.2, 0.25) is 0 Å². The van der Waals surface area contributed by atoms with Crippen molar-refractivity contribution >= 4 is 18.5 Å². The Morgan fingerprint density at radius 3 is 2.56 bits per heavy atom. The smallest absolute Gasteiger partial charge is 0.399 e. The standard InChI is InChI=1S/C18H24BN3O3/c1-17(2)18(3,4)25-19(24-17)15-10-21-22(12-15)11-13-7-6-8-14(9-13)16(23)20-5/h6-10,12H,11H2,1-5H3,(H,20,23). The van der Waals surface area contributed by atoms with Crippen LogP contribution < -0.4 is 10.8 Å². The molecule has 0 aliphatic carbocycles. The molecule has 132 valence electrons. The van der Waals surface area contributed by atoms with Gasteiger partial charge in [-0.3, -0.25) is 9.48 Å². The zero-order chi connectivity index (χ0) is 18.2. The lowest BCUT2D eigenvalue weighted by Crippen LogP contribution is -2.41. The molecule has 1 aromatic carbocycles. The van der Waals surface area contributed by atoms with Gasteiger partial charge >= 0.3 is 7.12 Å². The minimum atomic E-state index is -0.420. The molecule has 0 bridgehead atoms. The molecule has 1 aromatic heterocycles. The highest BCUT2D eigenvalue weighted by Gasteiger charge is 2.52. The average Bonchev–Trinajstić information content (AvgIpc) is 3.09. The molecule has 2 heterocycles. The van der Waals surface area contributed by atoms with E-state index in [1.807, 2.05) is 56.8 Å². The second-order valence-corrected chi connectivity index (χ2v) is 7.34. The van der Waals surface area contributed by atoms with E-state index in [-0.39, 0.29) is 17.1 Å². The van der Waals surface area contributed by atoms with Crippen molar-refractivity contribution in [2.75, 3.05) is 7.05 Å². The van der Waals surface area contributed by atoms with Crippen molar-refractivity contribution in [1.29, 1.82) is 0 Å². The molecule has 0 spiro atoms. The first-order valence-electron chi connectivity index (χ1n) is 8.41. The van der Waals surface area contributed by atoms with E-state index < -0.39 is 7.12 Å². The maximum Gasteiger partial charge on any atom is 0.498 e. The first-order chi connectivity index (χ1) is 11.7. The van der Waals surface area contributed by atoms with Crippen molar-refractivity contribution < 1.29 is 14.1 Å². The van der Waals surface area contributed by atoms with Crippen molar-refractivity contribution in [3.63, 3.8) is 0 Å². The molecule has 3 rings (SSSR count). The van der Waals surface area contributed by atoms with Gasteiger partial charge in [0.15, 0.2) is 0 Å². The van der Waals surface area contributed by atoms with Gasteiger partial charge in [0.2, 0.25) is 0 Å². The van der Waals surface area contributed by atoms with E-state index in [1.54, 1.807) is 19.3 Å². The summed E-state index contributed by atoms with van der Waals surface area (Å²) in [5, 5.41) is 7.04. The highest BCUT2D eigenvalue weighted by atomic mass is 16.7. The van der Waals surface area contributed by atoms with Crippen LogP contribution in [0.15, 0.2) is 36.7 Å². The number of aromatic nitrogens is 2. The zero-order valence-electron chi connectivity index (χ0n) is 15.4. The number of carbonyl (C=O) groups is 1. The Balaban J connectivity index is 1.74. The molecule has 0 radical (unpaired) electrons. The molecule has 2 aromatic rings. The van der Waals surface area contributed by atoms with Gasteiger partial charge in [-0.1, -0.05) is 12.1 Å². The highest BCUT2D eigenvalue weighted by molar-refractivity contribution is 6.62. The van der Waals surface area contributed by atoms with Crippen LogP contribution in [0.25, 0.3) is 0 Å². The predicted molar refractivity (Wildman–Crippen MR) is 96.9 cm³/mol. The van der Waals surface area contributed by atoms with Gasteiger partial charge < -0.3 is 14.6 Å². The lowest BCUT2D eigenvalue weighted by atomic mass is 9.82. The lowest BCUT2D eigenvalue weighted by molar-refractivity contribution is 0.00578. The summed E-state index contributed by atoms with van der Waals surface area (Å²) in [4.78, 5) is 11.8. The topological polar surface area (TPSA) is 65.4 Å². The van der Waals surface area contributed by atoms with Crippen molar-refractivity contribution in [3.8, 4) is 0 Å². The Hall–Kier alpha value is -2.12. The van der Waals surface area contributed by atoms with Crippen LogP contribution in [-0.2, 0) is 15.9 Å². The van der Waals surface area contributed by atoms with Gasteiger partial charge in [-0.25, -0.2) is 0 Å². The normalized spacial score (nSPS) is 18.4. The number of nitrogens with zero attached hydrogens (tertiary/aromatic N) is 2. The van der Waals surface area contributed by atoms with Gasteiger partial charge in [-0.15, -0.1) is 0 Å². The summed E-state index contributed by atoms with van der Waals surface area (Å²) in [5.74, 6) is -0.0970. The number of benzene rings is 1. The van der Waals surface area contributed by atoms with Crippen molar-refractivity contribution in [2.45, 2.75) is 45.4 Å². The van der Waals surface area contributed by atoms with Gasteiger partial charge in [0.25, 0.3) is 5.91 Å². The number of hydrogen-bond donors (Lipinski definition) is 1. The van der Waals surface area contributed by atoms with E-state index in [1.165, 1.54) is 0 Å². The number of hydrogen-bond acceptors (Lipinski definition) is 4. The number of nitrogens with one attached hydrogen (secondary N) is 1. The molecule has 0 unspecified atom stereocenters. The average molecular weight is 341 g/mol. The first-order valence-corrected chi connectivity index (χ1v) is 8.41. The van der Waals surface area contributed by atoms with Gasteiger partial charge in [-0.05, 0) is 45.4 Å². The van der Waals surface area contributed by atoms with Gasteiger partial charge in [0.05, 0.1) is 17.7 Å². The molecule has 1 fully saturated rings. The maximum absolute atomic E-state index is 11.8. The van der Waals surface area contributed by atoms with Crippen molar-refractivity contribution in [3.05, 3.63) is 47.8 Å². The van der Waals surface area contributed by atoms with Gasteiger partial charge in [0, 0.05) is 30.5 Å². The Kier molecular flexibility index (Phi) is 4.47. The number of amides is 1. The molecule has 1 saturated heterocycles. The second-order valence-electron chi connectivity index (χ2n) is 7.34. The molecule has 1 N–H and O–H groups in total. The lowest BCUT2D eigenvalue weighted by Gasteiger charge is -2.32. The number of carbonyl (C=O) groups excluding carboxylic acids is 1. The van der Waals surface area contributed by atoms with Crippen molar-refractivity contribution in [1.82, 2.24) is 15.1 Å². The largest absolute Gasteiger partial charge is 0.498 e. The van der Waals surface area contributed by atoms with E-state index in [2.05, 4.69) is 10.4 Å². The molecule has 25 heavy (non-hydrogen) atoms. The Labute approximate surface area is 148 Å². The summed E-state index contributed by atoms with van der Waals surface area (Å²) in [7, 11) is 1.20. The first kappa shape index (κ1) is 17.7. The van der Waals surface area contributed by atoms with E-state index in [0.29, 0.717) is 12.1 Å². The molecular weight excluding hydrogens is 317 g/mol. The fourth-order valence-electron chi connectivity index (χ4n) is 2.71. The van der Waals surface area contributed by atoms with E-state index in [4.69, 9.17) is 9.31 Å². The Bertz CT molecular complexity index is 769. The molecule has 1 aliphatic heterocycles. The summed E-state index contributed by atoms with van der Waals surface area (Å²) in [5.41, 5.74) is 1.78. The quantitative estimate of drug-likeness (QED) is 0.858. The molecule has 6 nitrogen and oxygen atoms in total. The summed E-state index contributed by atoms with van der Waals surface area (Å²) < 4.78 is 13.9. The fraction of sp³-hybridized carbons (Fsp3) is 0.444. The summed E-state index contributed by atoms with van der Waals surface area (Å²) in [6.07, 6.45) is 3.69. The second kappa shape index (κ2) is 6.31.